The molecule has 1 aliphatic rings. The van der Waals surface area contributed by atoms with Crippen LogP contribution in [0.1, 0.15) is 40.8 Å². The zero-order chi connectivity index (χ0) is 34.5. The van der Waals surface area contributed by atoms with Crippen molar-refractivity contribution in [2.75, 3.05) is 18.6 Å². The molecule has 1 amide bonds. The summed E-state index contributed by atoms with van der Waals surface area (Å²) in [5.74, 6) is 0.107. The van der Waals surface area contributed by atoms with E-state index in [9.17, 15) is 14.7 Å². The standard InChI is InChI=1S/C37H32ClN3O6S2/c1-4-46-29-18-13-25(19-30(29)45-3)32-31(33(42)24-11-16-28(17-12-24)47-20-26-8-6-5-7-22(26)2)34(43)35(44)41(32)36-39-40-37(49-36)48-21-23-9-14-27(38)15-10-23/h5-19,32,42H,4,20-21H2,1-3H3/b33-31+. The number of hydrogen-bond donors (Lipinski definition) is 1. The molecule has 1 aromatic heterocycles. The van der Waals surface area contributed by atoms with Crippen molar-refractivity contribution in [2.45, 2.75) is 36.6 Å². The van der Waals surface area contributed by atoms with Crippen molar-refractivity contribution in [3.8, 4) is 17.2 Å². The quantitative estimate of drug-likeness (QED) is 0.0448. The normalized spacial score (nSPS) is 15.4. The molecule has 1 fully saturated rings. The molecule has 0 aliphatic carbocycles. The molecule has 250 valence electrons. The third-order valence-corrected chi connectivity index (χ3v) is 10.3. The van der Waals surface area contributed by atoms with Gasteiger partial charge in [-0.25, -0.2) is 0 Å². The molecule has 5 aromatic rings. The average Bonchev–Trinajstić information content (AvgIpc) is 3.69. The fourth-order valence-electron chi connectivity index (χ4n) is 5.36. The molecule has 0 bridgehead atoms. The highest BCUT2D eigenvalue weighted by Crippen LogP contribution is 2.45. The van der Waals surface area contributed by atoms with Gasteiger partial charge in [-0.1, -0.05) is 77.2 Å². The molecule has 4 aromatic carbocycles. The average molecular weight is 714 g/mol. The van der Waals surface area contributed by atoms with E-state index in [1.54, 1.807) is 42.5 Å². The maximum Gasteiger partial charge on any atom is 0.301 e. The van der Waals surface area contributed by atoms with Crippen molar-refractivity contribution < 1.29 is 28.9 Å². The van der Waals surface area contributed by atoms with Crippen LogP contribution in [0.15, 0.2) is 101 Å². The zero-order valence-electron chi connectivity index (χ0n) is 26.9. The molecule has 12 heteroatoms. The molecule has 1 unspecified atom stereocenters. The molecule has 9 nitrogen and oxygen atoms in total. The molecule has 49 heavy (non-hydrogen) atoms. The van der Waals surface area contributed by atoms with Gasteiger partial charge >= 0.3 is 5.91 Å². The summed E-state index contributed by atoms with van der Waals surface area (Å²) in [6.07, 6.45) is 0. The number of ketones is 1. The first-order chi connectivity index (χ1) is 23.8. The fraction of sp³-hybridized carbons (Fsp3) is 0.189. The topological polar surface area (TPSA) is 111 Å². The van der Waals surface area contributed by atoms with Crippen molar-refractivity contribution >= 4 is 57.3 Å². The van der Waals surface area contributed by atoms with Gasteiger partial charge in [0.2, 0.25) is 5.13 Å². The summed E-state index contributed by atoms with van der Waals surface area (Å²) >= 11 is 8.66. The van der Waals surface area contributed by atoms with Crippen LogP contribution in [0, 0.1) is 6.92 Å². The highest BCUT2D eigenvalue weighted by molar-refractivity contribution is 8.00. The number of rotatable bonds is 12. The number of methoxy groups -OCH3 is 1. The SMILES string of the molecule is CCOc1ccc(C2/C(=C(\O)c3ccc(OCc4ccccc4C)cc3)C(=O)C(=O)N2c2nnc(SCc3ccc(Cl)cc3)s2)cc1OC. The number of aliphatic hydroxyl groups is 1. The second kappa shape index (κ2) is 15.1. The Morgan fingerprint density at radius 1 is 0.959 bits per heavy atom. The number of aliphatic hydroxyl groups excluding tert-OH is 1. The highest BCUT2D eigenvalue weighted by Gasteiger charge is 2.48. The van der Waals surface area contributed by atoms with Crippen LogP contribution >= 0.6 is 34.7 Å². The number of Topliss-reactive ketones (excluding diaryl/α,β-unsaturated/α-hetero) is 1. The van der Waals surface area contributed by atoms with Crippen LogP contribution in [-0.2, 0) is 21.9 Å². The van der Waals surface area contributed by atoms with Gasteiger partial charge in [-0.15, -0.1) is 10.2 Å². The van der Waals surface area contributed by atoms with Crippen LogP contribution < -0.4 is 19.1 Å². The molecule has 1 atom stereocenters. The molecule has 1 aliphatic heterocycles. The van der Waals surface area contributed by atoms with E-state index in [2.05, 4.69) is 10.2 Å². The van der Waals surface area contributed by atoms with E-state index in [-0.39, 0.29) is 16.5 Å². The Bertz CT molecular complexity index is 2010. The van der Waals surface area contributed by atoms with Gasteiger partial charge in [0.1, 0.15) is 18.1 Å². The molecule has 6 rings (SSSR count). The van der Waals surface area contributed by atoms with Gasteiger partial charge in [0.25, 0.3) is 5.78 Å². The number of hydrogen-bond acceptors (Lipinski definition) is 10. The van der Waals surface area contributed by atoms with Crippen LogP contribution in [0.25, 0.3) is 5.76 Å². The van der Waals surface area contributed by atoms with Crippen LogP contribution in [-0.4, -0.2) is 40.7 Å². The first-order valence-electron chi connectivity index (χ1n) is 15.4. The summed E-state index contributed by atoms with van der Waals surface area (Å²) in [5.41, 5.74) is 4.00. The molecule has 0 saturated carbocycles. The number of anilines is 1. The third kappa shape index (κ3) is 7.44. The smallest absolute Gasteiger partial charge is 0.301 e. The summed E-state index contributed by atoms with van der Waals surface area (Å²) in [7, 11) is 1.51. The van der Waals surface area contributed by atoms with Gasteiger partial charge in [-0.05, 0) is 84.6 Å². The second-order valence-corrected chi connectivity index (χ2v) is 13.6. The van der Waals surface area contributed by atoms with Gasteiger partial charge in [-0.3, -0.25) is 14.5 Å². The first kappa shape index (κ1) is 34.0. The number of halogens is 1. The van der Waals surface area contributed by atoms with Gasteiger partial charge < -0.3 is 19.3 Å². The first-order valence-corrected chi connectivity index (χ1v) is 17.6. The molecule has 1 N–H and O–H groups in total. The zero-order valence-corrected chi connectivity index (χ0v) is 29.3. The van der Waals surface area contributed by atoms with E-state index in [1.165, 1.54) is 35.1 Å². The van der Waals surface area contributed by atoms with Gasteiger partial charge in [0, 0.05) is 16.3 Å². The van der Waals surface area contributed by atoms with Crippen LogP contribution in [0.4, 0.5) is 5.13 Å². The van der Waals surface area contributed by atoms with Gasteiger partial charge in [0.15, 0.2) is 15.8 Å². The fourth-order valence-corrected chi connectivity index (χ4v) is 7.31. The minimum absolute atomic E-state index is 0.0876. The van der Waals surface area contributed by atoms with E-state index < -0.39 is 17.7 Å². The van der Waals surface area contributed by atoms with Crippen LogP contribution in [0.2, 0.25) is 5.02 Å². The Balaban J connectivity index is 1.34. The predicted octanol–water partition coefficient (Wildman–Crippen LogP) is 8.40. The number of amides is 1. The lowest BCUT2D eigenvalue weighted by Gasteiger charge is -2.23. The van der Waals surface area contributed by atoms with Crippen molar-refractivity contribution in [3.05, 3.63) is 129 Å². The highest BCUT2D eigenvalue weighted by atomic mass is 35.5. The number of benzene rings is 4. The molecular formula is C37H32ClN3O6S2. The van der Waals surface area contributed by atoms with E-state index >= 15 is 0 Å². The molecule has 0 spiro atoms. The van der Waals surface area contributed by atoms with E-state index in [0.717, 1.165) is 16.7 Å². The monoisotopic (exact) mass is 713 g/mol. The lowest BCUT2D eigenvalue weighted by atomic mass is 9.95. The summed E-state index contributed by atoms with van der Waals surface area (Å²) in [4.78, 5) is 28.8. The molecule has 1 saturated heterocycles. The van der Waals surface area contributed by atoms with Crippen molar-refractivity contribution in [2.24, 2.45) is 0 Å². The second-order valence-electron chi connectivity index (χ2n) is 11.0. The van der Waals surface area contributed by atoms with Gasteiger partial charge in [-0.2, -0.15) is 0 Å². The Hall–Kier alpha value is -4.84. The van der Waals surface area contributed by atoms with Crippen LogP contribution in [0.5, 0.6) is 17.2 Å². The van der Waals surface area contributed by atoms with E-state index in [0.29, 0.717) is 56.7 Å². The van der Waals surface area contributed by atoms with Crippen molar-refractivity contribution in [1.29, 1.82) is 0 Å². The minimum Gasteiger partial charge on any atom is -0.507 e. The molecule has 0 radical (unpaired) electrons. The Labute approximate surface area is 297 Å². The van der Waals surface area contributed by atoms with Crippen molar-refractivity contribution in [3.63, 3.8) is 0 Å². The number of carbonyl (C=O) groups is 2. The van der Waals surface area contributed by atoms with Gasteiger partial charge in [0.05, 0.1) is 25.3 Å². The third-order valence-electron chi connectivity index (χ3n) is 7.91. The molecule has 2 heterocycles. The Morgan fingerprint density at radius 3 is 2.43 bits per heavy atom. The van der Waals surface area contributed by atoms with E-state index in [4.69, 9.17) is 25.8 Å². The summed E-state index contributed by atoms with van der Waals surface area (Å²) < 4.78 is 17.9. The number of aromatic nitrogens is 2. The predicted molar refractivity (Wildman–Crippen MR) is 192 cm³/mol. The number of thioether (sulfide) groups is 1. The largest absolute Gasteiger partial charge is 0.507 e. The summed E-state index contributed by atoms with van der Waals surface area (Å²) in [5, 5.41) is 21.2. The van der Waals surface area contributed by atoms with Crippen LogP contribution in [0.3, 0.4) is 0 Å². The lowest BCUT2D eigenvalue weighted by molar-refractivity contribution is -0.132. The maximum atomic E-state index is 13.8. The Morgan fingerprint density at radius 2 is 1.71 bits per heavy atom. The summed E-state index contributed by atoms with van der Waals surface area (Å²) in [6.45, 7) is 4.68. The summed E-state index contributed by atoms with van der Waals surface area (Å²) in [6, 6.07) is 26.3. The number of ether oxygens (including phenoxy) is 3. The number of aryl methyl sites for hydroxylation is 1. The minimum atomic E-state index is -1.02. The lowest BCUT2D eigenvalue weighted by Crippen LogP contribution is -2.29. The maximum absolute atomic E-state index is 13.8. The van der Waals surface area contributed by atoms with E-state index in [1.807, 2.05) is 62.4 Å². The molecular weight excluding hydrogens is 682 g/mol. The number of nitrogens with zero attached hydrogens (tertiary/aromatic N) is 3. The number of carbonyl (C=O) groups excluding carboxylic acids is 2. The Kier molecular flexibility index (Phi) is 10.5. The van der Waals surface area contributed by atoms with Crippen molar-refractivity contribution in [1.82, 2.24) is 10.2 Å².